The molecule has 0 amide bonds. The number of hydrogen-bond acceptors (Lipinski definition) is 4. The molecule has 106 valence electrons. The van der Waals surface area contributed by atoms with Gasteiger partial charge in [0.05, 0.1) is 5.69 Å². The highest BCUT2D eigenvalue weighted by Crippen LogP contribution is 2.30. The quantitative estimate of drug-likeness (QED) is 0.582. The molecule has 0 unspecified atom stereocenters. The lowest BCUT2D eigenvalue weighted by Crippen LogP contribution is -2.47. The predicted octanol–water partition coefficient (Wildman–Crippen LogP) is 1.97. The Kier molecular flexibility index (Phi) is 4.13. The number of hydrogen-bond donors (Lipinski definition) is 3. The molecule has 6 heteroatoms. The predicted molar refractivity (Wildman–Crippen MR) is 76.1 cm³/mol. The van der Waals surface area contributed by atoms with Crippen LogP contribution in [0, 0.1) is 0 Å². The number of nitrogens with one attached hydrogen (secondary N) is 2. The third-order valence-electron chi connectivity index (χ3n) is 3.67. The highest BCUT2D eigenvalue weighted by molar-refractivity contribution is 7.89. The van der Waals surface area contributed by atoms with Gasteiger partial charge in [-0.2, -0.15) is 0 Å². The number of sulfonamides is 1. The molecule has 0 atom stereocenters. The van der Waals surface area contributed by atoms with E-state index < -0.39 is 10.0 Å². The Hall–Kier alpha value is -1.11. The summed E-state index contributed by atoms with van der Waals surface area (Å²) >= 11 is 0. The molecule has 1 aromatic carbocycles. The molecule has 1 fully saturated rings. The van der Waals surface area contributed by atoms with E-state index in [1.807, 2.05) is 6.92 Å². The van der Waals surface area contributed by atoms with Crippen LogP contribution in [0.3, 0.4) is 0 Å². The summed E-state index contributed by atoms with van der Waals surface area (Å²) in [6.07, 6.45) is 5.07. The molecule has 1 aromatic rings. The lowest BCUT2D eigenvalue weighted by Gasteiger charge is -2.34. The SMILES string of the molecule is CC1(NS(=O)(=O)c2ccccc2NN)CCCCC1. The minimum absolute atomic E-state index is 0.198. The average Bonchev–Trinajstić information content (AvgIpc) is 2.38. The molecule has 0 radical (unpaired) electrons. The zero-order valence-electron chi connectivity index (χ0n) is 11.1. The van der Waals surface area contributed by atoms with Crippen molar-refractivity contribution in [2.24, 2.45) is 5.84 Å². The Morgan fingerprint density at radius 3 is 2.42 bits per heavy atom. The standard InChI is InChI=1S/C13H21N3O2S/c1-13(9-5-2-6-10-13)16-19(17,18)12-8-4-3-7-11(12)15-14/h3-4,7-8,15-16H,2,5-6,9-10,14H2,1H3. The molecule has 1 saturated carbocycles. The van der Waals surface area contributed by atoms with Crippen LogP contribution >= 0.6 is 0 Å². The van der Waals surface area contributed by atoms with Gasteiger partial charge in [-0.25, -0.2) is 13.1 Å². The van der Waals surface area contributed by atoms with Crippen molar-refractivity contribution in [3.8, 4) is 0 Å². The molecule has 5 nitrogen and oxygen atoms in total. The molecule has 0 bridgehead atoms. The molecule has 19 heavy (non-hydrogen) atoms. The summed E-state index contributed by atoms with van der Waals surface area (Å²) in [5.41, 5.74) is 2.50. The van der Waals surface area contributed by atoms with Gasteiger partial charge in [0.2, 0.25) is 10.0 Å². The summed E-state index contributed by atoms with van der Waals surface area (Å²) in [4.78, 5) is 0.198. The minimum atomic E-state index is -3.55. The van der Waals surface area contributed by atoms with Crippen LogP contribution in [0.5, 0.6) is 0 Å². The van der Waals surface area contributed by atoms with Gasteiger partial charge in [-0.3, -0.25) is 5.84 Å². The molecular weight excluding hydrogens is 262 g/mol. The van der Waals surface area contributed by atoms with E-state index in [4.69, 9.17) is 5.84 Å². The lowest BCUT2D eigenvalue weighted by molar-refractivity contribution is 0.294. The van der Waals surface area contributed by atoms with E-state index in [1.54, 1.807) is 24.3 Å². The summed E-state index contributed by atoms with van der Waals surface area (Å²) in [5, 5.41) is 0. The maximum atomic E-state index is 12.5. The van der Waals surface area contributed by atoms with Gasteiger partial charge in [0, 0.05) is 5.54 Å². The molecule has 0 spiro atoms. The van der Waals surface area contributed by atoms with Crippen molar-refractivity contribution in [2.75, 3.05) is 5.43 Å². The maximum Gasteiger partial charge on any atom is 0.243 e. The second kappa shape index (κ2) is 5.48. The van der Waals surface area contributed by atoms with Crippen molar-refractivity contribution in [3.63, 3.8) is 0 Å². The number of para-hydroxylation sites is 1. The van der Waals surface area contributed by atoms with Gasteiger partial charge in [0.25, 0.3) is 0 Å². The van der Waals surface area contributed by atoms with Crippen molar-refractivity contribution in [3.05, 3.63) is 24.3 Å². The van der Waals surface area contributed by atoms with Gasteiger partial charge in [-0.05, 0) is 31.9 Å². The first-order valence-corrected chi connectivity index (χ1v) is 8.05. The van der Waals surface area contributed by atoms with Crippen LogP contribution in [-0.4, -0.2) is 14.0 Å². The van der Waals surface area contributed by atoms with Gasteiger partial charge >= 0.3 is 0 Å². The van der Waals surface area contributed by atoms with Crippen LogP contribution in [0.15, 0.2) is 29.2 Å². The molecule has 4 N–H and O–H groups in total. The Bertz CT molecular complexity index is 537. The van der Waals surface area contributed by atoms with Gasteiger partial charge < -0.3 is 5.43 Å². The third kappa shape index (κ3) is 3.26. The first kappa shape index (κ1) is 14.3. The Labute approximate surface area is 114 Å². The van der Waals surface area contributed by atoms with Crippen LogP contribution in [0.1, 0.15) is 39.0 Å². The Balaban J connectivity index is 2.27. The summed E-state index contributed by atoms with van der Waals surface area (Å²) < 4.78 is 27.8. The highest BCUT2D eigenvalue weighted by atomic mass is 32.2. The smallest absolute Gasteiger partial charge is 0.243 e. The van der Waals surface area contributed by atoms with Crippen molar-refractivity contribution in [2.45, 2.75) is 49.5 Å². The normalized spacial score (nSPS) is 19.1. The first-order chi connectivity index (χ1) is 8.97. The number of hydrazine groups is 1. The second-order valence-corrected chi connectivity index (χ2v) is 7.02. The molecule has 0 aromatic heterocycles. The van der Waals surface area contributed by atoms with Crippen molar-refractivity contribution >= 4 is 15.7 Å². The lowest BCUT2D eigenvalue weighted by atomic mass is 9.84. The van der Waals surface area contributed by atoms with E-state index in [0.717, 1.165) is 25.7 Å². The van der Waals surface area contributed by atoms with Gasteiger partial charge in [0.1, 0.15) is 4.90 Å². The Morgan fingerprint density at radius 2 is 1.79 bits per heavy atom. The molecule has 2 rings (SSSR count). The van der Waals surface area contributed by atoms with E-state index in [9.17, 15) is 8.42 Å². The van der Waals surface area contributed by atoms with Gasteiger partial charge in [-0.1, -0.05) is 31.4 Å². The van der Waals surface area contributed by atoms with Crippen LogP contribution in [0.4, 0.5) is 5.69 Å². The zero-order chi connectivity index (χ0) is 13.9. The van der Waals surface area contributed by atoms with E-state index in [1.165, 1.54) is 6.42 Å². The van der Waals surface area contributed by atoms with Gasteiger partial charge in [0.15, 0.2) is 0 Å². The molecule has 0 aliphatic heterocycles. The summed E-state index contributed by atoms with van der Waals surface area (Å²) in [6.45, 7) is 1.97. The average molecular weight is 283 g/mol. The molecule has 1 aliphatic rings. The fourth-order valence-corrected chi connectivity index (χ4v) is 4.27. The number of nitrogens with two attached hydrogens (primary N) is 1. The number of nitrogen functional groups attached to an aromatic ring is 1. The number of anilines is 1. The van der Waals surface area contributed by atoms with Crippen LogP contribution in [-0.2, 0) is 10.0 Å². The Morgan fingerprint density at radius 1 is 1.16 bits per heavy atom. The van der Waals surface area contributed by atoms with Gasteiger partial charge in [-0.15, -0.1) is 0 Å². The fraction of sp³-hybridized carbons (Fsp3) is 0.538. The first-order valence-electron chi connectivity index (χ1n) is 6.56. The van der Waals surface area contributed by atoms with E-state index in [2.05, 4.69) is 10.1 Å². The number of rotatable bonds is 4. The molecule has 0 saturated heterocycles. The fourth-order valence-electron chi connectivity index (χ4n) is 2.63. The topological polar surface area (TPSA) is 84.2 Å². The molecule has 0 heterocycles. The minimum Gasteiger partial charge on any atom is -0.323 e. The summed E-state index contributed by atoms with van der Waals surface area (Å²) in [6, 6.07) is 6.65. The van der Waals surface area contributed by atoms with E-state index in [-0.39, 0.29) is 10.4 Å². The number of benzene rings is 1. The summed E-state index contributed by atoms with van der Waals surface area (Å²) in [7, 11) is -3.55. The molecular formula is C13H21N3O2S. The summed E-state index contributed by atoms with van der Waals surface area (Å²) in [5.74, 6) is 5.37. The largest absolute Gasteiger partial charge is 0.323 e. The second-order valence-electron chi connectivity index (χ2n) is 5.37. The zero-order valence-corrected chi connectivity index (χ0v) is 12.0. The van der Waals surface area contributed by atoms with Crippen molar-refractivity contribution in [1.29, 1.82) is 0 Å². The highest BCUT2D eigenvalue weighted by Gasteiger charge is 2.32. The monoisotopic (exact) mass is 283 g/mol. The van der Waals surface area contributed by atoms with E-state index in [0.29, 0.717) is 5.69 Å². The maximum absolute atomic E-state index is 12.5. The molecule has 1 aliphatic carbocycles. The van der Waals surface area contributed by atoms with Crippen LogP contribution < -0.4 is 16.0 Å². The third-order valence-corrected chi connectivity index (χ3v) is 5.37. The van der Waals surface area contributed by atoms with Crippen LogP contribution in [0.25, 0.3) is 0 Å². The van der Waals surface area contributed by atoms with E-state index >= 15 is 0 Å². The van der Waals surface area contributed by atoms with Crippen molar-refractivity contribution < 1.29 is 8.42 Å². The van der Waals surface area contributed by atoms with Crippen molar-refractivity contribution in [1.82, 2.24) is 4.72 Å². The van der Waals surface area contributed by atoms with Crippen LogP contribution in [0.2, 0.25) is 0 Å².